The molecule has 0 unspecified atom stereocenters. The number of carbonyl (C=O) groups is 2. The highest BCUT2D eigenvalue weighted by Gasteiger charge is 2.25. The van der Waals surface area contributed by atoms with Crippen molar-refractivity contribution >= 4 is 12.0 Å². The van der Waals surface area contributed by atoms with E-state index in [4.69, 9.17) is 4.74 Å². The van der Waals surface area contributed by atoms with Gasteiger partial charge in [-0.2, -0.15) is 0 Å². The van der Waals surface area contributed by atoms with Crippen LogP contribution in [0.25, 0.3) is 0 Å². The van der Waals surface area contributed by atoms with Crippen molar-refractivity contribution in [3.63, 3.8) is 0 Å². The smallest absolute Gasteiger partial charge is 0.409 e. The quantitative estimate of drug-likeness (QED) is 0.751. The first-order valence-electron chi connectivity index (χ1n) is 8.39. The Morgan fingerprint density at radius 3 is 2.58 bits per heavy atom. The summed E-state index contributed by atoms with van der Waals surface area (Å²) in [7, 11) is 0. The topological polar surface area (TPSA) is 75.2 Å². The maximum absolute atomic E-state index is 12.8. The van der Waals surface area contributed by atoms with Gasteiger partial charge in [-0.05, 0) is 31.2 Å². The summed E-state index contributed by atoms with van der Waals surface area (Å²) in [6, 6.07) is 5.95. The molecule has 1 aliphatic rings. The number of hydrogen-bond donors (Lipinski definition) is 2. The maximum atomic E-state index is 12.8. The van der Waals surface area contributed by atoms with Crippen LogP contribution in [0, 0.1) is 5.82 Å². The molecule has 1 aromatic rings. The van der Waals surface area contributed by atoms with Gasteiger partial charge in [-0.25, -0.2) is 9.18 Å². The van der Waals surface area contributed by atoms with E-state index in [1.807, 2.05) is 0 Å². The first kappa shape index (κ1) is 18.2. The zero-order valence-corrected chi connectivity index (χ0v) is 14.0. The molecular formula is C17H25FN3O3+. The second-order valence-corrected chi connectivity index (χ2v) is 5.81. The Balaban J connectivity index is 1.61. The highest BCUT2D eigenvalue weighted by atomic mass is 19.1. The number of hydrogen-bond acceptors (Lipinski definition) is 3. The number of halogens is 1. The normalized spacial score (nSPS) is 15.2. The Kier molecular flexibility index (Phi) is 6.99. The summed E-state index contributed by atoms with van der Waals surface area (Å²) >= 11 is 0. The van der Waals surface area contributed by atoms with Crippen molar-refractivity contribution in [3.8, 4) is 0 Å². The lowest BCUT2D eigenvalue weighted by atomic mass is 10.1. The molecular weight excluding hydrogens is 313 g/mol. The molecule has 1 aliphatic heterocycles. The number of carbonyl (C=O) groups excluding carboxylic acids is 2. The Morgan fingerprint density at radius 1 is 1.29 bits per heavy atom. The van der Waals surface area contributed by atoms with Crippen LogP contribution in [-0.2, 0) is 4.74 Å². The van der Waals surface area contributed by atoms with E-state index in [2.05, 4.69) is 10.6 Å². The summed E-state index contributed by atoms with van der Waals surface area (Å²) in [5.41, 5.74) is 0.458. The number of rotatable bonds is 6. The fraction of sp³-hybridized carbons (Fsp3) is 0.529. The number of amides is 2. The molecule has 7 heteroatoms. The number of quaternary nitrogens is 1. The van der Waals surface area contributed by atoms with Crippen LogP contribution in [0.3, 0.4) is 0 Å². The molecule has 2 rings (SSSR count). The van der Waals surface area contributed by atoms with E-state index >= 15 is 0 Å². The Labute approximate surface area is 141 Å². The van der Waals surface area contributed by atoms with Gasteiger partial charge in [0.1, 0.15) is 5.82 Å². The van der Waals surface area contributed by atoms with Gasteiger partial charge in [0, 0.05) is 31.5 Å². The minimum absolute atomic E-state index is 0.194. The Morgan fingerprint density at radius 2 is 1.96 bits per heavy atom. The Hall–Kier alpha value is -2.15. The van der Waals surface area contributed by atoms with Crippen molar-refractivity contribution in [2.45, 2.75) is 25.8 Å². The van der Waals surface area contributed by atoms with Gasteiger partial charge in [0.2, 0.25) is 0 Å². The minimum Gasteiger partial charge on any atom is -0.450 e. The van der Waals surface area contributed by atoms with Crippen molar-refractivity contribution in [1.29, 1.82) is 0 Å². The average Bonchev–Trinajstić information content (AvgIpc) is 2.60. The fourth-order valence-corrected chi connectivity index (χ4v) is 2.74. The molecule has 0 aromatic heterocycles. The monoisotopic (exact) mass is 338 g/mol. The first-order valence-corrected chi connectivity index (χ1v) is 8.39. The Bertz CT molecular complexity index is 543. The van der Waals surface area contributed by atoms with E-state index in [1.165, 1.54) is 24.3 Å². The third-order valence-electron chi connectivity index (χ3n) is 4.10. The molecule has 0 atom stereocenters. The highest BCUT2D eigenvalue weighted by molar-refractivity contribution is 5.94. The highest BCUT2D eigenvalue weighted by Crippen LogP contribution is 2.08. The van der Waals surface area contributed by atoms with Crippen LogP contribution in [0.2, 0.25) is 0 Å². The standard InChI is InChI=1S/C17H24FN3O3/c1-2-24-17(23)21-11-7-15(8-12-21)19-9-10-20-16(22)13-3-5-14(18)6-4-13/h3-6,15,19H,2,7-12H2,1H3,(H,20,22)/p+1. The van der Waals surface area contributed by atoms with Crippen LogP contribution in [0.15, 0.2) is 24.3 Å². The maximum Gasteiger partial charge on any atom is 0.409 e. The van der Waals surface area contributed by atoms with Gasteiger partial charge in [-0.1, -0.05) is 0 Å². The molecule has 1 saturated heterocycles. The van der Waals surface area contributed by atoms with Crippen LogP contribution in [0.4, 0.5) is 9.18 Å². The molecule has 1 aromatic carbocycles. The second-order valence-electron chi connectivity index (χ2n) is 5.81. The number of likely N-dealkylation sites (tertiary alicyclic amines) is 1. The molecule has 0 radical (unpaired) electrons. The average molecular weight is 338 g/mol. The number of ether oxygens (including phenoxy) is 1. The number of nitrogens with two attached hydrogens (primary N) is 1. The number of nitrogens with zero attached hydrogens (tertiary/aromatic N) is 1. The summed E-state index contributed by atoms with van der Waals surface area (Å²) in [5.74, 6) is -0.547. The van der Waals surface area contributed by atoms with Crippen molar-refractivity contribution in [3.05, 3.63) is 35.6 Å². The molecule has 6 nitrogen and oxygen atoms in total. The van der Waals surface area contributed by atoms with Gasteiger partial charge in [0.05, 0.1) is 25.7 Å². The molecule has 0 spiro atoms. The van der Waals surface area contributed by atoms with Gasteiger partial charge >= 0.3 is 6.09 Å². The molecule has 132 valence electrons. The first-order chi connectivity index (χ1) is 11.6. The van der Waals surface area contributed by atoms with E-state index in [1.54, 1.807) is 11.8 Å². The van der Waals surface area contributed by atoms with Crippen LogP contribution in [0.1, 0.15) is 30.1 Å². The van der Waals surface area contributed by atoms with Crippen LogP contribution >= 0.6 is 0 Å². The molecule has 1 fully saturated rings. The van der Waals surface area contributed by atoms with Crippen molar-refractivity contribution in [2.75, 3.05) is 32.8 Å². The predicted molar refractivity (Wildman–Crippen MR) is 87.1 cm³/mol. The van der Waals surface area contributed by atoms with Crippen LogP contribution in [-0.4, -0.2) is 55.7 Å². The van der Waals surface area contributed by atoms with E-state index in [0.717, 1.165) is 19.4 Å². The van der Waals surface area contributed by atoms with Gasteiger partial charge < -0.3 is 20.3 Å². The predicted octanol–water partition coefficient (Wildman–Crippen LogP) is 0.740. The van der Waals surface area contributed by atoms with Gasteiger partial charge in [0.25, 0.3) is 5.91 Å². The lowest BCUT2D eigenvalue weighted by molar-refractivity contribution is -0.690. The summed E-state index contributed by atoms with van der Waals surface area (Å²) in [6.07, 6.45) is 1.61. The SMILES string of the molecule is CCOC(=O)N1CCC([NH2+]CCNC(=O)c2ccc(F)cc2)CC1. The van der Waals surface area contributed by atoms with E-state index < -0.39 is 0 Å². The van der Waals surface area contributed by atoms with Gasteiger partial charge in [0.15, 0.2) is 0 Å². The van der Waals surface area contributed by atoms with E-state index in [0.29, 0.717) is 37.8 Å². The molecule has 0 saturated carbocycles. The van der Waals surface area contributed by atoms with Gasteiger partial charge in [-0.3, -0.25) is 4.79 Å². The zero-order valence-electron chi connectivity index (χ0n) is 14.0. The third kappa shape index (κ3) is 5.49. The minimum atomic E-state index is -0.353. The molecule has 3 N–H and O–H groups in total. The van der Waals surface area contributed by atoms with Crippen molar-refractivity contribution < 1.29 is 24.0 Å². The molecule has 0 aliphatic carbocycles. The largest absolute Gasteiger partial charge is 0.450 e. The summed E-state index contributed by atoms with van der Waals surface area (Å²) < 4.78 is 17.8. The molecule has 24 heavy (non-hydrogen) atoms. The van der Waals surface area contributed by atoms with Crippen molar-refractivity contribution in [2.24, 2.45) is 0 Å². The molecule has 1 heterocycles. The van der Waals surface area contributed by atoms with Crippen molar-refractivity contribution in [1.82, 2.24) is 10.2 Å². The van der Waals surface area contributed by atoms with Crippen LogP contribution < -0.4 is 10.6 Å². The summed E-state index contributed by atoms with van der Waals surface area (Å²) in [4.78, 5) is 25.2. The molecule has 2 amide bonds. The summed E-state index contributed by atoms with van der Waals surface area (Å²) in [5, 5.41) is 5.03. The van der Waals surface area contributed by atoms with E-state index in [-0.39, 0.29) is 17.8 Å². The molecule has 0 bridgehead atoms. The zero-order chi connectivity index (χ0) is 17.4. The fourth-order valence-electron chi connectivity index (χ4n) is 2.74. The third-order valence-corrected chi connectivity index (χ3v) is 4.10. The summed E-state index contributed by atoms with van der Waals surface area (Å²) in [6.45, 7) is 4.95. The lowest BCUT2D eigenvalue weighted by Gasteiger charge is -2.29. The van der Waals surface area contributed by atoms with Crippen LogP contribution in [0.5, 0.6) is 0 Å². The number of nitrogens with one attached hydrogen (secondary N) is 1. The lowest BCUT2D eigenvalue weighted by Crippen LogP contribution is -2.92. The number of benzene rings is 1. The number of piperidine rings is 1. The van der Waals surface area contributed by atoms with Gasteiger partial charge in [-0.15, -0.1) is 0 Å². The second kappa shape index (κ2) is 9.22. The van der Waals surface area contributed by atoms with E-state index in [9.17, 15) is 14.0 Å².